The van der Waals surface area contributed by atoms with Gasteiger partial charge >= 0.3 is 6.03 Å². The van der Waals surface area contributed by atoms with Crippen molar-refractivity contribution in [2.24, 2.45) is 0 Å². The Labute approximate surface area is 187 Å². The van der Waals surface area contributed by atoms with E-state index in [1.807, 2.05) is 38.1 Å². The van der Waals surface area contributed by atoms with Gasteiger partial charge in [0.1, 0.15) is 0 Å². The summed E-state index contributed by atoms with van der Waals surface area (Å²) in [7, 11) is 0. The first-order chi connectivity index (χ1) is 15.3. The molecule has 0 radical (unpaired) electrons. The van der Waals surface area contributed by atoms with Crippen LogP contribution in [0.2, 0.25) is 0 Å². The second-order valence-electron chi connectivity index (χ2n) is 8.26. The molecule has 1 aliphatic heterocycles. The van der Waals surface area contributed by atoms with Gasteiger partial charge in [0, 0.05) is 29.7 Å². The molecule has 7 nitrogen and oxygen atoms in total. The molecule has 164 valence electrons. The number of ketones is 1. The van der Waals surface area contributed by atoms with Crippen LogP contribution < -0.4 is 5.32 Å². The van der Waals surface area contributed by atoms with Crippen molar-refractivity contribution in [2.45, 2.75) is 39.3 Å². The fraction of sp³-hybridized carbons (Fsp3) is 0.280. The Morgan fingerprint density at radius 3 is 2.47 bits per heavy atom. The fourth-order valence-corrected chi connectivity index (χ4v) is 4.21. The van der Waals surface area contributed by atoms with Crippen LogP contribution in [0.5, 0.6) is 0 Å². The third-order valence-corrected chi connectivity index (χ3v) is 6.09. The van der Waals surface area contributed by atoms with E-state index in [0.29, 0.717) is 11.3 Å². The molecule has 1 aliphatic rings. The van der Waals surface area contributed by atoms with Crippen LogP contribution in [-0.4, -0.2) is 38.7 Å². The molecule has 1 aromatic carbocycles. The summed E-state index contributed by atoms with van der Waals surface area (Å²) in [5, 5.41) is 2.69. The van der Waals surface area contributed by atoms with Gasteiger partial charge in [0.15, 0.2) is 11.3 Å². The van der Waals surface area contributed by atoms with E-state index < -0.39 is 17.5 Å². The highest BCUT2D eigenvalue weighted by Gasteiger charge is 2.50. The highest BCUT2D eigenvalue weighted by atomic mass is 16.2. The van der Waals surface area contributed by atoms with Crippen molar-refractivity contribution in [3.8, 4) is 0 Å². The maximum Gasteiger partial charge on any atom is 0.325 e. The van der Waals surface area contributed by atoms with Gasteiger partial charge < -0.3 is 9.88 Å². The second kappa shape index (κ2) is 8.42. The maximum absolute atomic E-state index is 13.1. The molecule has 4 rings (SSSR count). The maximum atomic E-state index is 13.1. The van der Waals surface area contributed by atoms with Crippen LogP contribution in [0.4, 0.5) is 4.79 Å². The molecular weight excluding hydrogens is 404 g/mol. The highest BCUT2D eigenvalue weighted by molar-refractivity contribution is 6.11. The molecule has 1 atom stereocenters. The fourth-order valence-electron chi connectivity index (χ4n) is 4.21. The molecule has 1 N–H and O–H groups in total. The molecule has 3 amide bonds. The SMILES string of the molecule is Cc1cc(C(=O)CN2C(=O)NC(C)(c3ccccn3)C2=O)c(C)n1CCc1ccccc1. The van der Waals surface area contributed by atoms with Gasteiger partial charge in [0.2, 0.25) is 0 Å². The molecule has 1 saturated heterocycles. The Bertz CT molecular complexity index is 1170. The second-order valence-corrected chi connectivity index (χ2v) is 8.26. The average molecular weight is 431 g/mol. The Balaban J connectivity index is 1.51. The van der Waals surface area contributed by atoms with E-state index in [-0.39, 0.29) is 12.3 Å². The molecule has 0 spiro atoms. The molecule has 1 unspecified atom stereocenters. The van der Waals surface area contributed by atoms with Crippen LogP contribution in [0.15, 0.2) is 60.8 Å². The minimum atomic E-state index is -1.29. The summed E-state index contributed by atoms with van der Waals surface area (Å²) < 4.78 is 2.10. The summed E-state index contributed by atoms with van der Waals surface area (Å²) in [4.78, 5) is 43.9. The highest BCUT2D eigenvalue weighted by Crippen LogP contribution is 2.27. The largest absolute Gasteiger partial charge is 0.348 e. The molecule has 3 heterocycles. The number of Topliss-reactive ketones (excluding diaryl/α,β-unsaturated/α-hetero) is 1. The molecule has 3 aromatic rings. The van der Waals surface area contributed by atoms with Crippen molar-refractivity contribution in [3.05, 3.63) is 89.0 Å². The monoisotopic (exact) mass is 430 g/mol. The van der Waals surface area contributed by atoms with Gasteiger partial charge in [-0.05, 0) is 51.0 Å². The van der Waals surface area contributed by atoms with E-state index in [4.69, 9.17) is 0 Å². The Hall–Kier alpha value is -3.74. The first-order valence-electron chi connectivity index (χ1n) is 10.6. The molecular formula is C25H26N4O3. The number of rotatable bonds is 7. The van der Waals surface area contributed by atoms with Crippen LogP contribution in [-0.2, 0) is 23.3 Å². The van der Waals surface area contributed by atoms with Crippen LogP contribution in [0.1, 0.15) is 39.9 Å². The van der Waals surface area contributed by atoms with Gasteiger partial charge in [-0.15, -0.1) is 0 Å². The van der Waals surface area contributed by atoms with Crippen LogP contribution >= 0.6 is 0 Å². The van der Waals surface area contributed by atoms with Crippen molar-refractivity contribution in [3.63, 3.8) is 0 Å². The summed E-state index contributed by atoms with van der Waals surface area (Å²) in [5.41, 5.74) is 2.71. The van der Waals surface area contributed by atoms with Crippen LogP contribution in [0.25, 0.3) is 0 Å². The van der Waals surface area contributed by atoms with E-state index in [9.17, 15) is 14.4 Å². The van der Waals surface area contributed by atoms with Gasteiger partial charge in [0.25, 0.3) is 5.91 Å². The first kappa shape index (κ1) is 21.5. The van der Waals surface area contributed by atoms with Gasteiger partial charge in [-0.1, -0.05) is 36.4 Å². The quantitative estimate of drug-likeness (QED) is 0.460. The Morgan fingerprint density at radius 2 is 1.78 bits per heavy atom. The number of pyridine rings is 1. The van der Waals surface area contributed by atoms with Gasteiger partial charge in [-0.25, -0.2) is 4.79 Å². The number of hydrogen-bond donors (Lipinski definition) is 1. The number of carbonyl (C=O) groups is 3. The zero-order valence-corrected chi connectivity index (χ0v) is 18.5. The van der Waals surface area contributed by atoms with E-state index in [1.165, 1.54) is 5.56 Å². The minimum Gasteiger partial charge on any atom is -0.348 e. The van der Waals surface area contributed by atoms with Crippen LogP contribution in [0, 0.1) is 13.8 Å². The average Bonchev–Trinajstić information content (AvgIpc) is 3.21. The number of carbonyl (C=O) groups excluding carboxylic acids is 3. The molecule has 32 heavy (non-hydrogen) atoms. The van der Waals surface area contributed by atoms with Crippen molar-refractivity contribution in [1.29, 1.82) is 0 Å². The van der Waals surface area contributed by atoms with Gasteiger partial charge in [-0.3, -0.25) is 19.5 Å². The lowest BCUT2D eigenvalue weighted by atomic mass is 9.97. The lowest BCUT2D eigenvalue weighted by molar-refractivity contribution is -0.130. The van der Waals surface area contributed by atoms with Crippen LogP contribution in [0.3, 0.4) is 0 Å². The number of benzene rings is 1. The third kappa shape index (κ3) is 3.82. The summed E-state index contributed by atoms with van der Waals surface area (Å²) in [5.74, 6) is -0.745. The molecule has 1 fully saturated rings. The molecule has 0 saturated carbocycles. The van der Waals surface area contributed by atoms with Gasteiger partial charge in [0.05, 0.1) is 12.2 Å². The standard InChI is InChI=1S/C25H26N4O3/c1-17-15-20(18(2)28(17)14-12-19-9-5-4-6-10-19)21(30)16-29-23(31)25(3,27-24(29)32)22-11-7-8-13-26-22/h4-11,13,15H,12,14,16H2,1-3H3,(H,27,32). The van der Waals surface area contributed by atoms with Crippen molar-refractivity contribution < 1.29 is 14.4 Å². The number of aryl methyl sites for hydroxylation is 2. The summed E-state index contributed by atoms with van der Waals surface area (Å²) in [6.07, 6.45) is 2.42. The number of urea groups is 1. The zero-order chi connectivity index (χ0) is 22.9. The lowest BCUT2D eigenvalue weighted by Crippen LogP contribution is -2.42. The first-order valence-corrected chi connectivity index (χ1v) is 10.6. The summed E-state index contributed by atoms with van der Waals surface area (Å²) in [6, 6.07) is 16.6. The number of nitrogens with zero attached hydrogens (tertiary/aromatic N) is 3. The summed E-state index contributed by atoms with van der Waals surface area (Å²) >= 11 is 0. The zero-order valence-electron chi connectivity index (χ0n) is 18.5. The van der Waals surface area contributed by atoms with Crippen molar-refractivity contribution in [2.75, 3.05) is 6.54 Å². The number of imide groups is 1. The van der Waals surface area contributed by atoms with E-state index in [2.05, 4.69) is 27.0 Å². The number of amides is 3. The molecule has 0 bridgehead atoms. The molecule has 2 aromatic heterocycles. The van der Waals surface area contributed by atoms with E-state index in [1.54, 1.807) is 31.3 Å². The van der Waals surface area contributed by atoms with E-state index in [0.717, 1.165) is 29.3 Å². The molecule has 7 heteroatoms. The Kier molecular flexibility index (Phi) is 5.65. The predicted molar refractivity (Wildman–Crippen MR) is 120 cm³/mol. The van der Waals surface area contributed by atoms with Gasteiger partial charge in [-0.2, -0.15) is 0 Å². The van der Waals surface area contributed by atoms with E-state index >= 15 is 0 Å². The lowest BCUT2D eigenvalue weighted by Gasteiger charge is -2.20. The molecule has 0 aliphatic carbocycles. The number of nitrogens with one attached hydrogen (secondary N) is 1. The minimum absolute atomic E-state index is 0.266. The smallest absolute Gasteiger partial charge is 0.325 e. The Morgan fingerprint density at radius 1 is 1.06 bits per heavy atom. The predicted octanol–water partition coefficient (Wildman–Crippen LogP) is 3.39. The third-order valence-electron chi connectivity index (χ3n) is 6.09. The van der Waals surface area contributed by atoms with Crippen molar-refractivity contribution >= 4 is 17.7 Å². The number of aromatic nitrogens is 2. The normalized spacial score (nSPS) is 18.2. The number of hydrogen-bond acceptors (Lipinski definition) is 4. The summed E-state index contributed by atoms with van der Waals surface area (Å²) in [6.45, 7) is 5.90. The topological polar surface area (TPSA) is 84.3 Å². The van der Waals surface area contributed by atoms with Crippen molar-refractivity contribution in [1.82, 2.24) is 19.8 Å².